The van der Waals surface area contributed by atoms with E-state index in [0.29, 0.717) is 13.2 Å². The fourth-order valence-electron chi connectivity index (χ4n) is 2.75. The van der Waals surface area contributed by atoms with Gasteiger partial charge in [-0.1, -0.05) is 6.92 Å². The van der Waals surface area contributed by atoms with Crippen molar-refractivity contribution in [3.63, 3.8) is 0 Å². The highest BCUT2D eigenvalue weighted by atomic mass is 32.1. The molecule has 0 aromatic carbocycles. The van der Waals surface area contributed by atoms with Crippen LogP contribution in [0.2, 0.25) is 0 Å². The molecule has 3 rings (SSSR count). The van der Waals surface area contributed by atoms with E-state index in [9.17, 15) is 4.79 Å². The third kappa shape index (κ3) is 2.83. The molecule has 4 nitrogen and oxygen atoms in total. The second-order valence-electron chi connectivity index (χ2n) is 5.44. The van der Waals surface area contributed by atoms with Crippen LogP contribution in [0.4, 0.5) is 0 Å². The normalized spacial score (nSPS) is 23.9. The van der Waals surface area contributed by atoms with Crippen LogP contribution in [-0.2, 0) is 17.6 Å². The number of nitrogens with one attached hydrogen (secondary N) is 1. The van der Waals surface area contributed by atoms with Crippen LogP contribution in [0.5, 0.6) is 0 Å². The number of fused-ring (bicyclic) bond motifs is 1. The molecule has 0 bridgehead atoms. The first-order valence-corrected chi connectivity index (χ1v) is 7.85. The van der Waals surface area contributed by atoms with Crippen molar-refractivity contribution in [2.24, 2.45) is 5.92 Å². The van der Waals surface area contributed by atoms with Gasteiger partial charge in [0, 0.05) is 23.3 Å². The number of hydrogen-bond acceptors (Lipinski definition) is 4. The fraction of sp³-hybridized carbons (Fsp3) is 0.643. The first kappa shape index (κ1) is 13.1. The van der Waals surface area contributed by atoms with Gasteiger partial charge in [0.25, 0.3) is 5.91 Å². The van der Waals surface area contributed by atoms with Crippen molar-refractivity contribution >= 4 is 17.2 Å². The van der Waals surface area contributed by atoms with E-state index in [4.69, 9.17) is 4.74 Å². The van der Waals surface area contributed by atoms with Crippen molar-refractivity contribution in [3.05, 3.63) is 21.4 Å². The number of carbonyl (C=O) groups excluding carboxylic acids is 1. The summed E-state index contributed by atoms with van der Waals surface area (Å²) in [6.45, 7) is 5.22. The predicted octanol–water partition coefficient (Wildman–Crippen LogP) is 1.85. The molecule has 1 aromatic rings. The Bertz CT molecular complexity index is 466. The summed E-state index contributed by atoms with van der Waals surface area (Å²) >= 11 is 1.74. The minimum absolute atomic E-state index is 0.0500. The van der Waals surface area contributed by atoms with Crippen LogP contribution in [0.25, 0.3) is 0 Å². The van der Waals surface area contributed by atoms with Crippen molar-refractivity contribution in [2.75, 3.05) is 26.3 Å². The SMILES string of the molecule is C[C@@H]1CCc2c(C(=O)NN3CCOCC3)csc2C1. The van der Waals surface area contributed by atoms with Crippen molar-refractivity contribution in [3.8, 4) is 0 Å². The molecule has 104 valence electrons. The molecule has 1 fully saturated rings. The zero-order valence-corrected chi connectivity index (χ0v) is 12.1. The molecule has 19 heavy (non-hydrogen) atoms. The summed E-state index contributed by atoms with van der Waals surface area (Å²) in [6, 6.07) is 0. The van der Waals surface area contributed by atoms with Crippen molar-refractivity contribution in [1.29, 1.82) is 0 Å². The molecule has 5 heteroatoms. The minimum atomic E-state index is 0.0500. The number of amides is 1. The van der Waals surface area contributed by atoms with Gasteiger partial charge < -0.3 is 4.74 Å². The average molecular weight is 280 g/mol. The predicted molar refractivity (Wildman–Crippen MR) is 75.4 cm³/mol. The van der Waals surface area contributed by atoms with Crippen LogP contribution in [0.1, 0.15) is 34.1 Å². The highest BCUT2D eigenvalue weighted by molar-refractivity contribution is 7.10. The molecule has 2 heterocycles. The van der Waals surface area contributed by atoms with Gasteiger partial charge in [0.1, 0.15) is 0 Å². The third-order valence-electron chi connectivity index (χ3n) is 3.92. The molecule has 1 amide bonds. The Morgan fingerprint density at radius 3 is 3.05 bits per heavy atom. The van der Waals surface area contributed by atoms with Gasteiger partial charge in [0.2, 0.25) is 0 Å². The number of morpholine rings is 1. The molecule has 0 radical (unpaired) electrons. The van der Waals surface area contributed by atoms with Crippen LogP contribution in [0, 0.1) is 5.92 Å². The van der Waals surface area contributed by atoms with Crippen molar-refractivity contribution in [1.82, 2.24) is 10.4 Å². The number of ether oxygens (including phenoxy) is 1. The standard InChI is InChI=1S/C14H20N2O2S/c1-10-2-3-11-12(9-19-13(11)8-10)14(17)15-16-4-6-18-7-5-16/h9-10H,2-8H2,1H3,(H,15,17)/t10-/m1/s1. The molecule has 0 unspecified atom stereocenters. The molecule has 0 saturated carbocycles. The Kier molecular flexibility index (Phi) is 3.86. The lowest BCUT2D eigenvalue weighted by atomic mass is 9.88. The van der Waals surface area contributed by atoms with E-state index in [-0.39, 0.29) is 5.91 Å². The monoisotopic (exact) mass is 280 g/mol. The van der Waals surface area contributed by atoms with E-state index in [1.807, 2.05) is 10.4 Å². The second-order valence-corrected chi connectivity index (χ2v) is 6.40. The minimum Gasteiger partial charge on any atom is -0.379 e. The van der Waals surface area contributed by atoms with Gasteiger partial charge in [-0.25, -0.2) is 5.01 Å². The summed E-state index contributed by atoms with van der Waals surface area (Å²) in [5.74, 6) is 0.801. The lowest BCUT2D eigenvalue weighted by molar-refractivity contribution is 0.0126. The van der Waals surface area contributed by atoms with E-state index in [1.54, 1.807) is 11.3 Å². The highest BCUT2D eigenvalue weighted by Gasteiger charge is 2.24. The van der Waals surface area contributed by atoms with E-state index in [2.05, 4.69) is 12.3 Å². The largest absolute Gasteiger partial charge is 0.379 e. The quantitative estimate of drug-likeness (QED) is 0.899. The van der Waals surface area contributed by atoms with Crippen LogP contribution in [0.3, 0.4) is 0 Å². The number of hydrogen-bond donors (Lipinski definition) is 1. The lowest BCUT2D eigenvalue weighted by Gasteiger charge is -2.27. The molecule has 1 N–H and O–H groups in total. The van der Waals surface area contributed by atoms with E-state index in [0.717, 1.165) is 37.4 Å². The third-order valence-corrected chi connectivity index (χ3v) is 4.97. The summed E-state index contributed by atoms with van der Waals surface area (Å²) in [5.41, 5.74) is 5.18. The molecule has 1 aliphatic heterocycles. The Morgan fingerprint density at radius 1 is 1.47 bits per heavy atom. The number of carbonyl (C=O) groups is 1. The summed E-state index contributed by atoms with van der Waals surface area (Å²) in [5, 5.41) is 3.99. The maximum absolute atomic E-state index is 12.3. The number of hydrazine groups is 1. The zero-order valence-electron chi connectivity index (χ0n) is 11.3. The highest BCUT2D eigenvalue weighted by Crippen LogP contribution is 2.32. The molecule has 1 atom stereocenters. The van der Waals surface area contributed by atoms with Crippen molar-refractivity contribution in [2.45, 2.75) is 26.2 Å². The maximum atomic E-state index is 12.3. The molecular weight excluding hydrogens is 260 g/mol. The lowest BCUT2D eigenvalue weighted by Crippen LogP contribution is -2.48. The van der Waals surface area contributed by atoms with Crippen LogP contribution in [-0.4, -0.2) is 37.2 Å². The van der Waals surface area contributed by atoms with Gasteiger partial charge in [-0.3, -0.25) is 10.2 Å². The van der Waals surface area contributed by atoms with Gasteiger partial charge in [-0.05, 0) is 30.7 Å². The van der Waals surface area contributed by atoms with Crippen LogP contribution >= 0.6 is 11.3 Å². The van der Waals surface area contributed by atoms with Gasteiger partial charge >= 0.3 is 0 Å². The van der Waals surface area contributed by atoms with E-state index >= 15 is 0 Å². The smallest absolute Gasteiger partial charge is 0.266 e. The molecule has 1 aromatic heterocycles. The molecule has 2 aliphatic rings. The molecule has 1 aliphatic carbocycles. The van der Waals surface area contributed by atoms with Gasteiger partial charge in [-0.15, -0.1) is 11.3 Å². The van der Waals surface area contributed by atoms with Crippen molar-refractivity contribution < 1.29 is 9.53 Å². The molecule has 1 saturated heterocycles. The number of nitrogens with zero attached hydrogens (tertiary/aromatic N) is 1. The number of thiophene rings is 1. The topological polar surface area (TPSA) is 41.6 Å². The Labute approximate surface area is 117 Å². The fourth-order valence-corrected chi connectivity index (χ4v) is 3.99. The van der Waals surface area contributed by atoms with Crippen LogP contribution < -0.4 is 5.43 Å². The first-order chi connectivity index (χ1) is 9.24. The number of rotatable bonds is 2. The molecular formula is C14H20N2O2S. The summed E-state index contributed by atoms with van der Waals surface area (Å²) in [6.07, 6.45) is 3.37. The Balaban J connectivity index is 1.70. The Morgan fingerprint density at radius 2 is 2.26 bits per heavy atom. The van der Waals surface area contributed by atoms with E-state index in [1.165, 1.54) is 16.9 Å². The zero-order chi connectivity index (χ0) is 13.2. The summed E-state index contributed by atoms with van der Waals surface area (Å²) < 4.78 is 5.28. The first-order valence-electron chi connectivity index (χ1n) is 6.97. The average Bonchev–Trinajstić information content (AvgIpc) is 2.82. The maximum Gasteiger partial charge on any atom is 0.266 e. The van der Waals surface area contributed by atoms with Gasteiger partial charge in [0.15, 0.2) is 0 Å². The summed E-state index contributed by atoms with van der Waals surface area (Å²) in [7, 11) is 0. The van der Waals surface area contributed by atoms with E-state index < -0.39 is 0 Å². The summed E-state index contributed by atoms with van der Waals surface area (Å²) in [4.78, 5) is 13.7. The second kappa shape index (κ2) is 5.61. The Hall–Kier alpha value is -0.910. The van der Waals surface area contributed by atoms with Gasteiger partial charge in [-0.2, -0.15) is 0 Å². The van der Waals surface area contributed by atoms with Gasteiger partial charge in [0.05, 0.1) is 18.8 Å². The molecule has 0 spiro atoms. The van der Waals surface area contributed by atoms with Crippen LogP contribution in [0.15, 0.2) is 5.38 Å².